The first kappa shape index (κ1) is 12.8. The Labute approximate surface area is 109 Å². The zero-order valence-corrected chi connectivity index (χ0v) is 10.2. The highest BCUT2D eigenvalue weighted by Gasteiger charge is 2.05. The van der Waals surface area contributed by atoms with Crippen LogP contribution in [0.2, 0.25) is 0 Å². The molecule has 0 saturated carbocycles. The van der Waals surface area contributed by atoms with E-state index < -0.39 is 4.92 Å². The number of ether oxygens (including phenoxy) is 1. The first-order valence-corrected chi connectivity index (χ1v) is 5.59. The van der Waals surface area contributed by atoms with Gasteiger partial charge in [-0.15, -0.1) is 0 Å². The van der Waals surface area contributed by atoms with E-state index in [1.165, 1.54) is 19.1 Å². The Morgan fingerprint density at radius 2 is 1.47 bits per heavy atom. The highest BCUT2D eigenvalue weighted by atomic mass is 16.6. The summed E-state index contributed by atoms with van der Waals surface area (Å²) in [5.41, 5.74) is 1.81. The molecule has 5 nitrogen and oxygen atoms in total. The molecule has 19 heavy (non-hydrogen) atoms. The van der Waals surface area contributed by atoms with E-state index in [9.17, 15) is 14.9 Å². The molecule has 0 heterocycles. The average molecular weight is 257 g/mol. The van der Waals surface area contributed by atoms with E-state index in [4.69, 9.17) is 4.74 Å². The minimum Gasteiger partial charge on any atom is -0.427 e. The standard InChI is InChI=1S/C14H11NO4/c1-10(16)19-14-8-4-12(5-9-14)11-2-6-13(7-3-11)15(17)18/h2-9H,1H3. The van der Waals surface area contributed by atoms with E-state index in [0.29, 0.717) is 5.75 Å². The van der Waals surface area contributed by atoms with Crippen LogP contribution in [0.3, 0.4) is 0 Å². The Kier molecular flexibility index (Phi) is 3.56. The van der Waals surface area contributed by atoms with Crippen LogP contribution in [0.5, 0.6) is 5.75 Å². The van der Waals surface area contributed by atoms with Crippen molar-refractivity contribution in [3.8, 4) is 16.9 Å². The molecule has 2 aromatic carbocycles. The largest absolute Gasteiger partial charge is 0.427 e. The lowest BCUT2D eigenvalue weighted by atomic mass is 10.1. The van der Waals surface area contributed by atoms with Crippen LogP contribution in [0.15, 0.2) is 48.5 Å². The molecule has 0 atom stereocenters. The van der Waals surface area contributed by atoms with Gasteiger partial charge in [0.05, 0.1) is 4.92 Å². The van der Waals surface area contributed by atoms with Crippen LogP contribution >= 0.6 is 0 Å². The molecule has 0 amide bonds. The first-order valence-electron chi connectivity index (χ1n) is 5.59. The SMILES string of the molecule is CC(=O)Oc1ccc(-c2ccc([N+](=O)[O-])cc2)cc1. The minimum atomic E-state index is -0.437. The van der Waals surface area contributed by atoms with Crippen molar-refractivity contribution in [3.63, 3.8) is 0 Å². The van der Waals surface area contributed by atoms with Gasteiger partial charge in [-0.3, -0.25) is 14.9 Å². The molecule has 5 heteroatoms. The van der Waals surface area contributed by atoms with Crippen molar-refractivity contribution in [2.75, 3.05) is 0 Å². The summed E-state index contributed by atoms with van der Waals surface area (Å²) in [6, 6.07) is 13.2. The monoisotopic (exact) mass is 257 g/mol. The summed E-state index contributed by atoms with van der Waals surface area (Å²) in [4.78, 5) is 20.9. The minimum absolute atomic E-state index is 0.0558. The van der Waals surface area contributed by atoms with E-state index in [1.54, 1.807) is 36.4 Å². The summed E-state index contributed by atoms with van der Waals surface area (Å²) < 4.78 is 4.93. The number of rotatable bonds is 3. The van der Waals surface area contributed by atoms with Crippen LogP contribution in [0, 0.1) is 10.1 Å². The fraction of sp³-hybridized carbons (Fsp3) is 0.0714. The average Bonchev–Trinajstić information content (AvgIpc) is 2.39. The second-order valence-corrected chi connectivity index (χ2v) is 3.92. The number of non-ortho nitro benzene ring substituents is 1. The molecule has 0 aliphatic heterocycles. The second-order valence-electron chi connectivity index (χ2n) is 3.92. The topological polar surface area (TPSA) is 69.4 Å². The number of hydrogen-bond donors (Lipinski definition) is 0. The maximum atomic E-state index is 10.8. The van der Waals surface area contributed by atoms with Gasteiger partial charge in [0.2, 0.25) is 0 Å². The molecule has 0 saturated heterocycles. The molecule has 0 bridgehead atoms. The lowest BCUT2D eigenvalue weighted by molar-refractivity contribution is -0.384. The predicted octanol–water partition coefficient (Wildman–Crippen LogP) is 3.19. The zero-order chi connectivity index (χ0) is 13.8. The van der Waals surface area contributed by atoms with Crippen molar-refractivity contribution in [1.29, 1.82) is 0 Å². The van der Waals surface area contributed by atoms with Gasteiger partial charge in [0.1, 0.15) is 5.75 Å². The third kappa shape index (κ3) is 3.16. The quantitative estimate of drug-likeness (QED) is 0.366. The van der Waals surface area contributed by atoms with E-state index >= 15 is 0 Å². The molecule has 0 unspecified atom stereocenters. The third-order valence-electron chi connectivity index (χ3n) is 2.53. The van der Waals surface area contributed by atoms with E-state index in [2.05, 4.69) is 0 Å². The molecular formula is C14H11NO4. The molecule has 0 spiro atoms. The van der Waals surface area contributed by atoms with Gasteiger partial charge >= 0.3 is 5.97 Å². The van der Waals surface area contributed by atoms with Crippen LogP contribution < -0.4 is 4.74 Å². The summed E-state index contributed by atoms with van der Waals surface area (Å²) in [7, 11) is 0. The molecule has 0 N–H and O–H groups in total. The van der Waals surface area contributed by atoms with Gasteiger partial charge in [-0.1, -0.05) is 12.1 Å². The van der Waals surface area contributed by atoms with Crippen molar-refractivity contribution in [3.05, 3.63) is 58.6 Å². The van der Waals surface area contributed by atoms with Gasteiger partial charge in [0.25, 0.3) is 5.69 Å². The molecule has 0 fully saturated rings. The smallest absolute Gasteiger partial charge is 0.308 e. The number of carbonyl (C=O) groups excluding carboxylic acids is 1. The van der Waals surface area contributed by atoms with Gasteiger partial charge in [-0.05, 0) is 35.4 Å². The summed E-state index contributed by atoms with van der Waals surface area (Å²) >= 11 is 0. The fourth-order valence-electron chi connectivity index (χ4n) is 1.66. The summed E-state index contributed by atoms with van der Waals surface area (Å²) in [6.07, 6.45) is 0. The molecule has 2 aromatic rings. The van der Waals surface area contributed by atoms with Gasteiger partial charge < -0.3 is 4.74 Å². The Morgan fingerprint density at radius 3 is 1.89 bits per heavy atom. The van der Waals surface area contributed by atoms with Crippen LogP contribution in [0.4, 0.5) is 5.69 Å². The van der Waals surface area contributed by atoms with E-state index in [0.717, 1.165) is 11.1 Å². The van der Waals surface area contributed by atoms with Gasteiger partial charge in [0.15, 0.2) is 0 Å². The van der Waals surface area contributed by atoms with Crippen molar-refractivity contribution in [1.82, 2.24) is 0 Å². The number of nitro benzene ring substituents is 1. The molecule has 0 radical (unpaired) electrons. The zero-order valence-electron chi connectivity index (χ0n) is 10.2. The fourth-order valence-corrected chi connectivity index (χ4v) is 1.66. The summed E-state index contributed by atoms with van der Waals surface area (Å²) in [5.74, 6) is 0.0984. The number of nitro groups is 1. The maximum Gasteiger partial charge on any atom is 0.308 e. The number of hydrogen-bond acceptors (Lipinski definition) is 4. The predicted molar refractivity (Wildman–Crippen MR) is 69.8 cm³/mol. The van der Waals surface area contributed by atoms with Crippen molar-refractivity contribution in [2.45, 2.75) is 6.92 Å². The van der Waals surface area contributed by atoms with Crippen molar-refractivity contribution in [2.24, 2.45) is 0 Å². The van der Waals surface area contributed by atoms with Crippen LogP contribution in [0.1, 0.15) is 6.92 Å². The molecule has 2 rings (SSSR count). The lowest BCUT2D eigenvalue weighted by Gasteiger charge is -2.04. The Hall–Kier alpha value is -2.69. The number of esters is 1. The molecule has 0 aliphatic rings. The Bertz CT molecular complexity index is 602. The van der Waals surface area contributed by atoms with E-state index in [-0.39, 0.29) is 11.7 Å². The number of benzene rings is 2. The number of nitrogens with zero attached hydrogens (tertiary/aromatic N) is 1. The van der Waals surface area contributed by atoms with Crippen LogP contribution in [0.25, 0.3) is 11.1 Å². The van der Waals surface area contributed by atoms with Crippen LogP contribution in [-0.4, -0.2) is 10.9 Å². The molecule has 0 aliphatic carbocycles. The van der Waals surface area contributed by atoms with Crippen LogP contribution in [-0.2, 0) is 4.79 Å². The van der Waals surface area contributed by atoms with Gasteiger partial charge in [-0.2, -0.15) is 0 Å². The van der Waals surface area contributed by atoms with Crippen molar-refractivity contribution >= 4 is 11.7 Å². The summed E-state index contributed by atoms with van der Waals surface area (Å²) in [5, 5.41) is 10.6. The van der Waals surface area contributed by atoms with Crippen molar-refractivity contribution < 1.29 is 14.5 Å². The van der Waals surface area contributed by atoms with Gasteiger partial charge in [0, 0.05) is 19.1 Å². The highest BCUT2D eigenvalue weighted by molar-refractivity contribution is 5.70. The normalized spacial score (nSPS) is 9.95. The molecular weight excluding hydrogens is 246 g/mol. The first-order chi connectivity index (χ1) is 9.06. The number of carbonyl (C=O) groups is 1. The Morgan fingerprint density at radius 1 is 1.00 bits per heavy atom. The van der Waals surface area contributed by atoms with E-state index in [1.807, 2.05) is 0 Å². The third-order valence-corrected chi connectivity index (χ3v) is 2.53. The second kappa shape index (κ2) is 5.30. The highest BCUT2D eigenvalue weighted by Crippen LogP contribution is 2.24. The Balaban J connectivity index is 2.22. The summed E-state index contributed by atoms with van der Waals surface area (Å²) in [6.45, 7) is 1.34. The maximum absolute atomic E-state index is 10.8. The lowest BCUT2D eigenvalue weighted by Crippen LogP contribution is -2.00. The molecule has 96 valence electrons. The molecule has 0 aromatic heterocycles. The van der Waals surface area contributed by atoms with Gasteiger partial charge in [-0.25, -0.2) is 0 Å².